The van der Waals surface area contributed by atoms with Gasteiger partial charge in [0.05, 0.1) is 34.3 Å². The molecule has 1 amide bonds. The van der Waals surface area contributed by atoms with Crippen LogP contribution < -0.4 is 9.04 Å². The van der Waals surface area contributed by atoms with Gasteiger partial charge in [-0.05, 0) is 67.8 Å². The fraction of sp³-hybridized carbons (Fsp3) is 0.367. The number of benzene rings is 2. The van der Waals surface area contributed by atoms with Crippen LogP contribution in [0.4, 0.5) is 32.0 Å². The summed E-state index contributed by atoms with van der Waals surface area (Å²) in [6, 6.07) is 10.3. The van der Waals surface area contributed by atoms with Crippen LogP contribution >= 0.6 is 0 Å². The Morgan fingerprint density at radius 2 is 1.63 bits per heavy atom. The van der Waals surface area contributed by atoms with Crippen LogP contribution in [-0.2, 0) is 32.0 Å². The Balaban J connectivity index is 1.46. The quantitative estimate of drug-likeness (QED) is 0.314. The fourth-order valence-corrected chi connectivity index (χ4v) is 6.93. The highest BCUT2D eigenvalue weighted by atomic mass is 32.2. The van der Waals surface area contributed by atoms with Gasteiger partial charge >= 0.3 is 18.3 Å². The predicted molar refractivity (Wildman–Crippen MR) is 151 cm³/mol. The van der Waals surface area contributed by atoms with Crippen LogP contribution in [0.25, 0.3) is 11.3 Å². The summed E-state index contributed by atoms with van der Waals surface area (Å²) < 4.78 is 115. The number of anilines is 1. The van der Waals surface area contributed by atoms with E-state index in [2.05, 4.69) is 4.98 Å². The van der Waals surface area contributed by atoms with Crippen molar-refractivity contribution in [3.63, 3.8) is 0 Å². The predicted octanol–water partition coefficient (Wildman–Crippen LogP) is 5.85. The second-order valence-electron chi connectivity index (χ2n) is 10.9. The molecule has 2 aliphatic rings. The number of likely N-dealkylation sites (tertiary alicyclic amines) is 1. The highest BCUT2D eigenvalue weighted by molar-refractivity contribution is 7.92. The first-order valence-corrected chi connectivity index (χ1v) is 15.5. The smallest absolute Gasteiger partial charge is 0.433 e. The Morgan fingerprint density at radius 3 is 2.28 bits per heavy atom. The van der Waals surface area contributed by atoms with E-state index >= 15 is 0 Å². The number of rotatable bonds is 7. The molecule has 3 heterocycles. The normalized spacial score (nSPS) is 17.7. The zero-order valence-electron chi connectivity index (χ0n) is 23.9. The van der Waals surface area contributed by atoms with Gasteiger partial charge in [0, 0.05) is 25.1 Å². The maximum atomic E-state index is 13.9. The summed E-state index contributed by atoms with van der Waals surface area (Å²) in [6.45, 7) is 0.0680. The molecule has 3 aromatic rings. The molecule has 0 bridgehead atoms. The van der Waals surface area contributed by atoms with E-state index < -0.39 is 63.1 Å². The van der Waals surface area contributed by atoms with Crippen molar-refractivity contribution < 1.29 is 54.2 Å². The van der Waals surface area contributed by atoms with Gasteiger partial charge in [0.25, 0.3) is 10.0 Å². The zero-order valence-corrected chi connectivity index (χ0v) is 24.7. The number of hydrogen-bond donors (Lipinski definition) is 1. The van der Waals surface area contributed by atoms with Gasteiger partial charge in [0.2, 0.25) is 5.91 Å². The number of carboxylic acid groups (broad SMARTS) is 1. The Labute approximate surface area is 259 Å². The molecule has 246 valence electrons. The molecule has 9 nitrogen and oxygen atoms in total. The summed E-state index contributed by atoms with van der Waals surface area (Å²) in [4.78, 5) is 28.6. The van der Waals surface area contributed by atoms with Crippen LogP contribution in [0.2, 0.25) is 0 Å². The number of carboxylic acids is 1. The summed E-state index contributed by atoms with van der Waals surface area (Å²) in [7, 11) is -4.69. The average molecular weight is 672 g/mol. The Bertz CT molecular complexity index is 1740. The van der Waals surface area contributed by atoms with Crippen molar-refractivity contribution in [2.45, 2.75) is 49.0 Å². The van der Waals surface area contributed by atoms with E-state index in [9.17, 15) is 49.5 Å². The number of ether oxygens (including phenoxy) is 1. The molecule has 1 saturated heterocycles. The molecule has 46 heavy (non-hydrogen) atoms. The molecule has 1 N–H and O–H groups in total. The molecule has 0 unspecified atom stereocenters. The second kappa shape index (κ2) is 12.5. The van der Waals surface area contributed by atoms with E-state index in [1.165, 1.54) is 29.2 Å². The number of aromatic nitrogens is 1. The lowest BCUT2D eigenvalue weighted by Gasteiger charge is -2.36. The van der Waals surface area contributed by atoms with Crippen LogP contribution in [0.5, 0.6) is 5.75 Å². The lowest BCUT2D eigenvalue weighted by molar-refractivity contribution is -0.145. The second-order valence-corrected chi connectivity index (χ2v) is 12.8. The monoisotopic (exact) mass is 671 g/mol. The number of fused-ring (bicyclic) bond motifs is 1. The number of pyridine rings is 1. The highest BCUT2D eigenvalue weighted by Gasteiger charge is 2.38. The molecule has 5 rings (SSSR count). The van der Waals surface area contributed by atoms with Crippen LogP contribution in [0.3, 0.4) is 0 Å². The van der Waals surface area contributed by atoms with Crippen molar-refractivity contribution >= 4 is 27.6 Å². The van der Waals surface area contributed by atoms with Gasteiger partial charge in [0.15, 0.2) is 0 Å². The summed E-state index contributed by atoms with van der Waals surface area (Å²) in [5.41, 5.74) is -2.54. The van der Waals surface area contributed by atoms with Crippen molar-refractivity contribution in [3.8, 4) is 17.0 Å². The van der Waals surface area contributed by atoms with E-state index in [0.29, 0.717) is 18.9 Å². The molecular formula is C30H27F6N3O6S. The van der Waals surface area contributed by atoms with Crippen LogP contribution in [-0.4, -0.2) is 61.0 Å². The topological polar surface area (TPSA) is 117 Å². The fourth-order valence-electron chi connectivity index (χ4n) is 5.38. The van der Waals surface area contributed by atoms with Gasteiger partial charge in [-0.25, -0.2) is 13.4 Å². The number of sulfonamides is 1. The maximum Gasteiger partial charge on any atom is 0.433 e. The summed E-state index contributed by atoms with van der Waals surface area (Å²) in [5.74, 6) is -1.79. The van der Waals surface area contributed by atoms with Gasteiger partial charge in [0.1, 0.15) is 17.5 Å². The molecule has 16 heteroatoms. The molecule has 0 saturated carbocycles. The van der Waals surface area contributed by atoms with Gasteiger partial charge < -0.3 is 14.7 Å². The number of aliphatic carboxylic acids is 1. The van der Waals surface area contributed by atoms with E-state index in [4.69, 9.17) is 4.74 Å². The molecule has 1 atom stereocenters. The molecule has 2 aromatic carbocycles. The minimum Gasteiger partial charge on any atom is -0.486 e. The Morgan fingerprint density at radius 1 is 0.935 bits per heavy atom. The van der Waals surface area contributed by atoms with E-state index in [0.717, 1.165) is 34.6 Å². The number of carbonyl (C=O) groups excluding carboxylic acids is 1. The van der Waals surface area contributed by atoms with Gasteiger partial charge in [-0.1, -0.05) is 12.1 Å². The van der Waals surface area contributed by atoms with Crippen LogP contribution in [0.15, 0.2) is 65.6 Å². The summed E-state index contributed by atoms with van der Waals surface area (Å²) in [6.07, 6.45) is -9.99. The van der Waals surface area contributed by atoms with E-state index in [1.54, 1.807) is 0 Å². The third kappa shape index (κ3) is 7.06. The number of halogens is 6. The number of alkyl halides is 6. The minimum absolute atomic E-state index is 0.0164. The number of piperidine rings is 1. The number of carbonyl (C=O) groups is 2. The van der Waals surface area contributed by atoms with Crippen LogP contribution in [0.1, 0.15) is 36.9 Å². The van der Waals surface area contributed by atoms with Crippen LogP contribution in [0, 0.1) is 5.92 Å². The molecule has 0 radical (unpaired) electrons. The SMILES string of the molecule is O=C(O)C1CCN(C(=O)CC[C@H]2CN(S(=O)(=O)c3cccc(C(F)(F)F)c3)c3cc(-c4cccc(C(F)(F)F)n4)ccc3O2)CC1. The number of nitrogens with zero attached hydrogens (tertiary/aromatic N) is 3. The van der Waals surface area contributed by atoms with Crippen molar-refractivity contribution in [2.75, 3.05) is 23.9 Å². The third-order valence-corrected chi connectivity index (χ3v) is 9.63. The van der Waals surface area contributed by atoms with Crippen molar-refractivity contribution in [1.82, 2.24) is 9.88 Å². The van der Waals surface area contributed by atoms with Gasteiger partial charge in [-0.15, -0.1) is 0 Å². The largest absolute Gasteiger partial charge is 0.486 e. The Kier molecular flexibility index (Phi) is 8.94. The highest BCUT2D eigenvalue weighted by Crippen LogP contribution is 2.41. The molecule has 0 spiro atoms. The lowest BCUT2D eigenvalue weighted by atomic mass is 9.97. The van der Waals surface area contributed by atoms with Gasteiger partial charge in [-0.2, -0.15) is 26.3 Å². The van der Waals surface area contributed by atoms with E-state index in [-0.39, 0.29) is 54.5 Å². The maximum absolute atomic E-state index is 13.9. The number of amides is 1. The van der Waals surface area contributed by atoms with E-state index in [1.807, 2.05) is 0 Å². The molecular weight excluding hydrogens is 644 g/mol. The third-order valence-electron chi connectivity index (χ3n) is 7.85. The zero-order chi connectivity index (χ0) is 33.4. The summed E-state index contributed by atoms with van der Waals surface area (Å²) in [5, 5.41) is 9.19. The average Bonchev–Trinajstić information content (AvgIpc) is 3.02. The van der Waals surface area contributed by atoms with Crippen molar-refractivity contribution in [3.05, 3.63) is 71.9 Å². The molecule has 1 aromatic heterocycles. The first-order valence-electron chi connectivity index (χ1n) is 14.1. The van der Waals surface area contributed by atoms with Gasteiger partial charge in [-0.3, -0.25) is 13.9 Å². The van der Waals surface area contributed by atoms with Crippen molar-refractivity contribution in [1.29, 1.82) is 0 Å². The standard InChI is InChI=1S/C30H27F6N3O6S/c31-29(32,33)20-3-1-4-22(16-20)46(43,44)39-17-21(8-10-27(40)38-13-11-18(12-14-38)28(41)42)45-25-9-7-19(15-24(25)39)23-5-2-6-26(37-23)30(34,35)36/h1-7,9,15-16,18,21H,8,10-14,17H2,(H,41,42)/t21-/m0/s1. The summed E-state index contributed by atoms with van der Waals surface area (Å²) >= 11 is 0. The first kappa shape index (κ1) is 33.0. The molecule has 2 aliphatic heterocycles. The first-order chi connectivity index (χ1) is 21.5. The number of hydrogen-bond acceptors (Lipinski definition) is 6. The Hall–Kier alpha value is -4.34. The van der Waals surface area contributed by atoms with Crippen molar-refractivity contribution in [2.24, 2.45) is 5.92 Å². The minimum atomic E-state index is -4.83. The lowest BCUT2D eigenvalue weighted by Crippen LogP contribution is -2.44. The molecule has 0 aliphatic carbocycles. The molecule has 1 fully saturated rings.